The lowest BCUT2D eigenvalue weighted by Gasteiger charge is -2.34. The molecule has 2 aliphatic heterocycles. The fourth-order valence-corrected chi connectivity index (χ4v) is 3.63. The van der Waals surface area contributed by atoms with Crippen molar-refractivity contribution < 1.29 is 9.53 Å². The van der Waals surface area contributed by atoms with Gasteiger partial charge in [-0.1, -0.05) is 13.8 Å². The summed E-state index contributed by atoms with van der Waals surface area (Å²) in [6.07, 6.45) is 1.85. The molecule has 1 aromatic heterocycles. The van der Waals surface area contributed by atoms with E-state index in [1.54, 1.807) is 0 Å². The van der Waals surface area contributed by atoms with E-state index in [-0.39, 0.29) is 11.8 Å². The van der Waals surface area contributed by atoms with Gasteiger partial charge < -0.3 is 20.3 Å². The molecule has 26 heavy (non-hydrogen) atoms. The Hall–Kier alpha value is -1.73. The van der Waals surface area contributed by atoms with Gasteiger partial charge in [0.05, 0.1) is 19.3 Å². The second kappa shape index (κ2) is 8.31. The van der Waals surface area contributed by atoms with Crippen LogP contribution in [0.4, 0.5) is 5.82 Å². The summed E-state index contributed by atoms with van der Waals surface area (Å²) < 4.78 is 5.44. The van der Waals surface area contributed by atoms with Crippen molar-refractivity contribution in [3.63, 3.8) is 0 Å². The highest BCUT2D eigenvalue weighted by Crippen LogP contribution is 2.29. The molecule has 144 valence electrons. The number of likely N-dealkylation sites (tertiary alicyclic amines) is 1. The Bertz CT molecular complexity index is 622. The minimum absolute atomic E-state index is 0.0753. The lowest BCUT2D eigenvalue weighted by Crippen LogP contribution is -2.49. The van der Waals surface area contributed by atoms with Crippen molar-refractivity contribution in [1.82, 2.24) is 14.9 Å². The molecule has 1 atom stereocenters. The molecule has 1 amide bonds. The fourth-order valence-electron chi connectivity index (χ4n) is 3.63. The second-order valence-electron chi connectivity index (χ2n) is 7.67. The van der Waals surface area contributed by atoms with Crippen LogP contribution in [0.5, 0.6) is 0 Å². The van der Waals surface area contributed by atoms with Gasteiger partial charge in [-0.2, -0.15) is 0 Å². The fraction of sp³-hybridized carbons (Fsp3) is 0.737. The average molecular weight is 361 g/mol. The molecule has 0 bridgehead atoms. The zero-order valence-corrected chi connectivity index (χ0v) is 16.1. The summed E-state index contributed by atoms with van der Waals surface area (Å²) in [5.74, 6) is 2.42. The predicted molar refractivity (Wildman–Crippen MR) is 101 cm³/mol. The third-order valence-electron chi connectivity index (χ3n) is 5.41. The van der Waals surface area contributed by atoms with Gasteiger partial charge in [0.2, 0.25) is 5.91 Å². The maximum absolute atomic E-state index is 12.5. The molecule has 3 rings (SSSR count). The van der Waals surface area contributed by atoms with E-state index in [4.69, 9.17) is 10.5 Å². The number of amides is 1. The normalized spacial score (nSPS) is 20.5. The number of carbonyl (C=O) groups is 1. The van der Waals surface area contributed by atoms with Gasteiger partial charge in [0, 0.05) is 43.9 Å². The summed E-state index contributed by atoms with van der Waals surface area (Å²) in [6, 6.07) is 1.72. The SMILES string of the molecule is Cc1nc(C2CCN(C(=O)[C@H](N)C(C)C)CC2)cc(N2CCOCC2)n1. The Kier molecular flexibility index (Phi) is 6.09. The monoisotopic (exact) mass is 361 g/mol. The van der Waals surface area contributed by atoms with Gasteiger partial charge in [0.15, 0.2) is 0 Å². The Morgan fingerprint density at radius 1 is 1.19 bits per heavy atom. The molecule has 7 heteroatoms. The highest BCUT2D eigenvalue weighted by atomic mass is 16.5. The van der Waals surface area contributed by atoms with Crippen molar-refractivity contribution in [1.29, 1.82) is 0 Å². The average Bonchev–Trinajstić information content (AvgIpc) is 2.67. The first-order valence-electron chi connectivity index (χ1n) is 9.68. The van der Waals surface area contributed by atoms with Gasteiger partial charge in [0.25, 0.3) is 0 Å². The summed E-state index contributed by atoms with van der Waals surface area (Å²) in [5, 5.41) is 0. The molecule has 2 aliphatic rings. The van der Waals surface area contributed by atoms with Crippen LogP contribution in [0.1, 0.15) is 44.1 Å². The van der Waals surface area contributed by atoms with E-state index in [1.807, 2.05) is 25.7 Å². The first-order valence-corrected chi connectivity index (χ1v) is 9.68. The van der Waals surface area contributed by atoms with Crippen LogP contribution in [-0.4, -0.2) is 66.2 Å². The number of aryl methyl sites for hydroxylation is 1. The molecule has 0 radical (unpaired) electrons. The van der Waals surface area contributed by atoms with Crippen LogP contribution in [-0.2, 0) is 9.53 Å². The Labute approximate surface area is 155 Å². The summed E-state index contributed by atoms with van der Waals surface area (Å²) >= 11 is 0. The molecule has 2 N–H and O–H groups in total. The van der Waals surface area contributed by atoms with Gasteiger partial charge >= 0.3 is 0 Å². The zero-order valence-electron chi connectivity index (χ0n) is 16.1. The molecule has 1 aromatic rings. The Balaban J connectivity index is 1.65. The topological polar surface area (TPSA) is 84.6 Å². The number of nitrogens with two attached hydrogens (primary N) is 1. The molecule has 0 unspecified atom stereocenters. The maximum Gasteiger partial charge on any atom is 0.239 e. The number of hydrogen-bond donors (Lipinski definition) is 1. The Morgan fingerprint density at radius 3 is 2.46 bits per heavy atom. The maximum atomic E-state index is 12.5. The molecular weight excluding hydrogens is 330 g/mol. The number of morpholine rings is 1. The third-order valence-corrected chi connectivity index (χ3v) is 5.41. The van der Waals surface area contributed by atoms with Crippen molar-refractivity contribution in [3.05, 3.63) is 17.6 Å². The molecule has 7 nitrogen and oxygen atoms in total. The first-order chi connectivity index (χ1) is 12.5. The minimum atomic E-state index is -0.402. The van der Waals surface area contributed by atoms with Gasteiger partial charge in [-0.25, -0.2) is 9.97 Å². The van der Waals surface area contributed by atoms with Crippen LogP contribution < -0.4 is 10.6 Å². The molecule has 0 aliphatic carbocycles. The molecule has 3 heterocycles. The van der Waals surface area contributed by atoms with Crippen LogP contribution in [0.2, 0.25) is 0 Å². The summed E-state index contributed by atoms with van der Waals surface area (Å²) in [6.45, 7) is 10.7. The van der Waals surface area contributed by atoms with Crippen molar-refractivity contribution in [3.8, 4) is 0 Å². The van der Waals surface area contributed by atoms with E-state index in [9.17, 15) is 4.79 Å². The lowest BCUT2D eigenvalue weighted by atomic mass is 9.92. The van der Waals surface area contributed by atoms with Crippen LogP contribution in [0.25, 0.3) is 0 Å². The summed E-state index contributed by atoms with van der Waals surface area (Å²) in [7, 11) is 0. The Morgan fingerprint density at radius 2 is 1.85 bits per heavy atom. The molecular formula is C19H31N5O2. The highest BCUT2D eigenvalue weighted by Gasteiger charge is 2.29. The lowest BCUT2D eigenvalue weighted by molar-refractivity contribution is -0.134. The number of piperidine rings is 1. The number of carbonyl (C=O) groups excluding carboxylic acids is 1. The molecule has 0 aromatic carbocycles. The van der Waals surface area contributed by atoms with E-state index < -0.39 is 6.04 Å². The van der Waals surface area contributed by atoms with Gasteiger partial charge in [-0.15, -0.1) is 0 Å². The number of anilines is 1. The van der Waals surface area contributed by atoms with Crippen LogP contribution >= 0.6 is 0 Å². The van der Waals surface area contributed by atoms with Crippen molar-refractivity contribution in [2.75, 3.05) is 44.3 Å². The standard InChI is InChI=1S/C19H31N5O2/c1-13(2)18(20)19(25)24-6-4-15(5-7-24)16-12-17(22-14(3)21-16)23-8-10-26-11-9-23/h12-13,15,18H,4-11,20H2,1-3H3/t18-/m1/s1. The summed E-state index contributed by atoms with van der Waals surface area (Å²) in [5.41, 5.74) is 7.13. The largest absolute Gasteiger partial charge is 0.378 e. The van der Waals surface area contributed by atoms with Crippen molar-refractivity contribution in [2.24, 2.45) is 11.7 Å². The number of hydrogen-bond acceptors (Lipinski definition) is 6. The van der Waals surface area contributed by atoms with Crippen molar-refractivity contribution >= 4 is 11.7 Å². The quantitative estimate of drug-likeness (QED) is 0.870. The number of ether oxygens (including phenoxy) is 1. The predicted octanol–water partition coefficient (Wildman–Crippen LogP) is 1.31. The number of nitrogens with zero attached hydrogens (tertiary/aromatic N) is 4. The second-order valence-corrected chi connectivity index (χ2v) is 7.67. The third kappa shape index (κ3) is 4.32. The van der Waals surface area contributed by atoms with Crippen LogP contribution in [0.15, 0.2) is 6.07 Å². The van der Waals surface area contributed by atoms with Gasteiger partial charge in [-0.3, -0.25) is 4.79 Å². The van der Waals surface area contributed by atoms with Crippen LogP contribution in [0.3, 0.4) is 0 Å². The van der Waals surface area contributed by atoms with E-state index in [1.165, 1.54) is 0 Å². The van der Waals surface area contributed by atoms with E-state index in [0.717, 1.165) is 69.6 Å². The van der Waals surface area contributed by atoms with Gasteiger partial charge in [-0.05, 0) is 25.7 Å². The van der Waals surface area contributed by atoms with Crippen LogP contribution in [0, 0.1) is 12.8 Å². The molecule has 2 saturated heterocycles. The van der Waals surface area contributed by atoms with Gasteiger partial charge in [0.1, 0.15) is 11.6 Å². The zero-order chi connectivity index (χ0) is 18.7. The van der Waals surface area contributed by atoms with Crippen molar-refractivity contribution in [2.45, 2.75) is 45.6 Å². The first kappa shape index (κ1) is 19.0. The smallest absolute Gasteiger partial charge is 0.239 e. The number of rotatable bonds is 4. The number of aromatic nitrogens is 2. The highest BCUT2D eigenvalue weighted by molar-refractivity contribution is 5.82. The molecule has 0 spiro atoms. The summed E-state index contributed by atoms with van der Waals surface area (Å²) in [4.78, 5) is 25.9. The molecule has 0 saturated carbocycles. The van der Waals surface area contributed by atoms with E-state index >= 15 is 0 Å². The van der Waals surface area contributed by atoms with E-state index in [0.29, 0.717) is 5.92 Å². The molecule has 2 fully saturated rings. The minimum Gasteiger partial charge on any atom is -0.378 e. The van der Waals surface area contributed by atoms with E-state index in [2.05, 4.69) is 20.9 Å².